The van der Waals surface area contributed by atoms with Gasteiger partial charge in [-0.3, -0.25) is 9.59 Å². The lowest BCUT2D eigenvalue weighted by Gasteiger charge is -2.31. The summed E-state index contributed by atoms with van der Waals surface area (Å²) in [6.07, 6.45) is -1.52. The molecule has 1 aliphatic rings. The fourth-order valence-corrected chi connectivity index (χ4v) is 7.04. The number of hydrogen-bond acceptors (Lipinski definition) is 10. The summed E-state index contributed by atoms with van der Waals surface area (Å²) in [6.45, 7) is 12.3. The second-order valence-electron chi connectivity index (χ2n) is 11.8. The zero-order chi connectivity index (χ0) is 31.5. The van der Waals surface area contributed by atoms with Gasteiger partial charge in [-0.15, -0.1) is 0 Å². The number of benzene rings is 2. The van der Waals surface area contributed by atoms with E-state index in [1.807, 2.05) is 30.3 Å². The molecule has 12 heteroatoms. The lowest BCUT2D eigenvalue weighted by molar-refractivity contribution is -0.145. The average Bonchev–Trinajstić information content (AvgIpc) is 3.34. The zero-order valence-electron chi connectivity index (χ0n) is 25.7. The van der Waals surface area contributed by atoms with Crippen LogP contribution in [0.5, 0.6) is 11.5 Å². The number of methoxy groups -OCH3 is 2. The largest absolute Gasteiger partial charge is 0.493 e. The van der Waals surface area contributed by atoms with Crippen molar-refractivity contribution in [2.75, 3.05) is 32.3 Å². The third kappa shape index (κ3) is 7.63. The Morgan fingerprint density at radius 2 is 1.86 bits per heavy atom. The molecule has 0 saturated heterocycles. The second kappa shape index (κ2) is 13.4. The topological polar surface area (TPSA) is 100 Å². The standard InChI is InChI=1S/C31H38ClN3O6S2/c1-9-40-28(37)31(5,6)42-29-33-24(34-43-29)16-23-27(36)35(17-30(2,3)4)21-14-13-18(32)15-20(21)25(41-23)19-11-10-12-22(38-7)26(19)39-8/h10-15,23,25H,9,16-17H2,1-8H3/t23-,25-/m1/s1. The number of halogens is 1. The highest BCUT2D eigenvalue weighted by molar-refractivity contribution is 8.02. The highest BCUT2D eigenvalue weighted by atomic mass is 35.5. The smallest absolute Gasteiger partial charge is 0.322 e. The molecule has 0 aliphatic carbocycles. The Labute approximate surface area is 266 Å². The van der Waals surface area contributed by atoms with Crippen molar-refractivity contribution in [1.29, 1.82) is 0 Å². The number of ether oxygens (including phenoxy) is 4. The van der Waals surface area contributed by atoms with Crippen molar-refractivity contribution in [3.63, 3.8) is 0 Å². The van der Waals surface area contributed by atoms with E-state index in [4.69, 9.17) is 30.5 Å². The van der Waals surface area contributed by atoms with Crippen molar-refractivity contribution in [2.24, 2.45) is 5.41 Å². The van der Waals surface area contributed by atoms with Crippen LogP contribution in [0.3, 0.4) is 0 Å². The lowest BCUT2D eigenvalue weighted by Crippen LogP contribution is -2.44. The lowest BCUT2D eigenvalue weighted by atomic mass is 9.94. The molecule has 0 bridgehead atoms. The minimum absolute atomic E-state index is 0.126. The zero-order valence-corrected chi connectivity index (χ0v) is 28.1. The highest BCUT2D eigenvalue weighted by Gasteiger charge is 2.40. The normalized spacial score (nSPS) is 17.3. The van der Waals surface area contributed by atoms with Gasteiger partial charge in [0.2, 0.25) is 0 Å². The van der Waals surface area contributed by atoms with Crippen LogP contribution in [0.1, 0.15) is 64.6 Å². The molecule has 1 aromatic heterocycles. The Balaban J connectivity index is 1.78. The van der Waals surface area contributed by atoms with Crippen LogP contribution in [0, 0.1) is 5.41 Å². The monoisotopic (exact) mass is 647 g/mol. The summed E-state index contributed by atoms with van der Waals surface area (Å²) in [5, 5.41) is 0.517. The number of thioether (sulfide) groups is 1. The van der Waals surface area contributed by atoms with Crippen molar-refractivity contribution < 1.29 is 28.5 Å². The van der Waals surface area contributed by atoms with Gasteiger partial charge in [0.05, 0.1) is 20.8 Å². The van der Waals surface area contributed by atoms with Crippen molar-refractivity contribution >= 4 is 52.5 Å². The van der Waals surface area contributed by atoms with Crippen LogP contribution in [0.15, 0.2) is 40.7 Å². The van der Waals surface area contributed by atoms with Crippen LogP contribution in [-0.4, -0.2) is 59.5 Å². The highest BCUT2D eigenvalue weighted by Crippen LogP contribution is 2.45. The number of aromatic nitrogens is 2. The molecule has 1 amide bonds. The minimum atomic E-state index is -0.931. The number of esters is 1. The number of anilines is 1. The molecule has 2 heterocycles. The number of nitrogens with zero attached hydrogens (tertiary/aromatic N) is 3. The first-order valence-corrected chi connectivity index (χ1v) is 15.9. The predicted molar refractivity (Wildman–Crippen MR) is 170 cm³/mol. The minimum Gasteiger partial charge on any atom is -0.493 e. The van der Waals surface area contributed by atoms with Gasteiger partial charge in [-0.2, -0.15) is 4.37 Å². The molecule has 0 fully saturated rings. The van der Waals surface area contributed by atoms with E-state index in [1.54, 1.807) is 46.0 Å². The summed E-state index contributed by atoms with van der Waals surface area (Å²) in [7, 11) is 3.15. The molecule has 0 spiro atoms. The van der Waals surface area contributed by atoms with Crippen LogP contribution >= 0.6 is 34.9 Å². The van der Waals surface area contributed by atoms with Gasteiger partial charge in [0.1, 0.15) is 22.8 Å². The van der Waals surface area contributed by atoms with Crippen molar-refractivity contribution in [3.05, 3.63) is 58.4 Å². The quantitative estimate of drug-likeness (QED) is 0.175. The molecular formula is C31H38ClN3O6S2. The maximum atomic E-state index is 14.3. The van der Waals surface area contributed by atoms with Gasteiger partial charge in [-0.1, -0.05) is 56.3 Å². The summed E-state index contributed by atoms with van der Waals surface area (Å²) in [5.74, 6) is 0.949. The Kier molecular flexibility index (Phi) is 10.3. The molecular weight excluding hydrogens is 610 g/mol. The second-order valence-corrected chi connectivity index (χ2v) is 14.8. The van der Waals surface area contributed by atoms with E-state index in [-0.39, 0.29) is 23.7 Å². The molecule has 4 rings (SSSR count). The van der Waals surface area contributed by atoms with E-state index in [9.17, 15) is 9.59 Å². The molecule has 0 unspecified atom stereocenters. The Hall–Kier alpha value is -2.86. The van der Waals surface area contributed by atoms with E-state index in [2.05, 4.69) is 30.1 Å². The third-order valence-electron chi connectivity index (χ3n) is 6.68. The van der Waals surface area contributed by atoms with Gasteiger partial charge in [0, 0.05) is 34.8 Å². The van der Waals surface area contributed by atoms with Gasteiger partial charge in [0.25, 0.3) is 5.91 Å². The number of hydrogen-bond donors (Lipinski definition) is 0. The number of carbonyl (C=O) groups excluding carboxylic acids is 2. The van der Waals surface area contributed by atoms with E-state index in [0.29, 0.717) is 51.1 Å². The number of para-hydroxylation sites is 1. The van der Waals surface area contributed by atoms with E-state index < -0.39 is 17.0 Å². The van der Waals surface area contributed by atoms with Crippen molar-refractivity contribution in [1.82, 2.24) is 9.36 Å². The first-order chi connectivity index (χ1) is 20.3. The predicted octanol–water partition coefficient (Wildman–Crippen LogP) is 6.75. The van der Waals surface area contributed by atoms with Crippen LogP contribution in [0.4, 0.5) is 5.69 Å². The summed E-state index contributed by atoms with van der Waals surface area (Å²) in [5.41, 5.74) is 1.92. The van der Waals surface area contributed by atoms with E-state index in [0.717, 1.165) is 5.56 Å². The molecule has 43 heavy (non-hydrogen) atoms. The molecule has 9 nitrogen and oxygen atoms in total. The third-order valence-corrected chi connectivity index (χ3v) is 8.88. The molecule has 2 aromatic carbocycles. The number of fused-ring (bicyclic) bond motifs is 1. The maximum Gasteiger partial charge on any atom is 0.322 e. The first kappa shape index (κ1) is 33.0. The van der Waals surface area contributed by atoms with Gasteiger partial charge >= 0.3 is 5.97 Å². The summed E-state index contributed by atoms with van der Waals surface area (Å²) >= 11 is 8.98. The fraction of sp³-hybridized carbons (Fsp3) is 0.484. The summed E-state index contributed by atoms with van der Waals surface area (Å²) < 4.78 is 27.6. The number of amides is 1. The van der Waals surface area contributed by atoms with Crippen LogP contribution < -0.4 is 14.4 Å². The molecule has 3 aromatic rings. The van der Waals surface area contributed by atoms with Crippen LogP contribution in [0.2, 0.25) is 5.02 Å². The molecule has 0 saturated carbocycles. The van der Waals surface area contributed by atoms with E-state index >= 15 is 0 Å². The Morgan fingerprint density at radius 1 is 1.12 bits per heavy atom. The molecule has 0 radical (unpaired) electrons. The van der Waals surface area contributed by atoms with Gasteiger partial charge in [-0.25, -0.2) is 4.98 Å². The van der Waals surface area contributed by atoms with Gasteiger partial charge in [0.15, 0.2) is 15.8 Å². The molecule has 0 N–H and O–H groups in total. The van der Waals surface area contributed by atoms with Gasteiger partial charge < -0.3 is 23.8 Å². The molecule has 2 atom stereocenters. The molecule has 1 aliphatic heterocycles. The van der Waals surface area contributed by atoms with E-state index in [1.165, 1.54) is 23.3 Å². The fourth-order valence-electron chi connectivity index (χ4n) is 4.79. The number of carbonyl (C=O) groups is 2. The number of rotatable bonds is 10. The van der Waals surface area contributed by atoms with Crippen molar-refractivity contribution in [2.45, 2.75) is 69.3 Å². The Bertz CT molecular complexity index is 1470. The molecule has 232 valence electrons. The summed E-state index contributed by atoms with van der Waals surface area (Å²) in [6, 6.07) is 11.0. The van der Waals surface area contributed by atoms with Crippen LogP contribution in [0.25, 0.3) is 0 Å². The first-order valence-electron chi connectivity index (χ1n) is 13.9. The maximum absolute atomic E-state index is 14.3. The van der Waals surface area contributed by atoms with Gasteiger partial charge in [-0.05, 0) is 62.0 Å². The summed E-state index contributed by atoms with van der Waals surface area (Å²) in [4.78, 5) is 33.2. The SMILES string of the molecule is CCOC(=O)C(C)(C)Sc1nc(C[C@H]2O[C@H](c3cccc(OC)c3OC)c3cc(Cl)ccc3N(CC(C)(C)C)C2=O)ns1. The average molecular weight is 648 g/mol. The van der Waals surface area contributed by atoms with Crippen molar-refractivity contribution in [3.8, 4) is 11.5 Å². The van der Waals surface area contributed by atoms with Crippen LogP contribution in [-0.2, 0) is 25.5 Å². The Morgan fingerprint density at radius 3 is 2.51 bits per heavy atom.